The second-order valence-corrected chi connectivity index (χ2v) is 5.38. The Morgan fingerprint density at radius 3 is 2.79 bits per heavy atom. The highest BCUT2D eigenvalue weighted by atomic mass is 35.5. The van der Waals surface area contributed by atoms with Gasteiger partial charge >= 0.3 is 0 Å². The Hall–Kier alpha value is -0.770. The molecule has 0 unspecified atom stereocenters. The van der Waals surface area contributed by atoms with Crippen LogP contribution in [-0.2, 0) is 11.3 Å². The van der Waals surface area contributed by atoms with Crippen LogP contribution in [0.2, 0.25) is 5.02 Å². The lowest BCUT2D eigenvalue weighted by Gasteiger charge is -2.25. The molecule has 0 saturated heterocycles. The third-order valence-electron chi connectivity index (χ3n) is 3.46. The van der Waals surface area contributed by atoms with Crippen molar-refractivity contribution in [3.8, 4) is 0 Å². The Bertz CT molecular complexity index is 407. The molecule has 4 heteroatoms. The van der Waals surface area contributed by atoms with Crippen molar-refractivity contribution in [1.82, 2.24) is 5.32 Å². The Morgan fingerprint density at radius 2 is 2.21 bits per heavy atom. The molecule has 0 amide bonds. The molecule has 0 aromatic heterocycles. The number of nitrogens with zero attached hydrogens (tertiary/aromatic N) is 1. The standard InChI is InChI=1S/C15H23ClN2O/c1-3-17-11-12-4-5-14(10-15(12)16)18(8-9-19-2)13-6-7-13/h4-5,10,13,17H,3,6-9,11H2,1-2H3. The van der Waals surface area contributed by atoms with Gasteiger partial charge in [0, 0.05) is 37.0 Å². The van der Waals surface area contributed by atoms with Crippen LogP contribution >= 0.6 is 11.6 Å². The summed E-state index contributed by atoms with van der Waals surface area (Å²) in [4.78, 5) is 2.41. The first-order valence-electron chi connectivity index (χ1n) is 7.01. The van der Waals surface area contributed by atoms with Gasteiger partial charge in [0.2, 0.25) is 0 Å². The maximum Gasteiger partial charge on any atom is 0.0637 e. The fourth-order valence-corrected chi connectivity index (χ4v) is 2.46. The Balaban J connectivity index is 2.07. The van der Waals surface area contributed by atoms with E-state index < -0.39 is 0 Å². The van der Waals surface area contributed by atoms with Gasteiger partial charge in [-0.3, -0.25) is 0 Å². The van der Waals surface area contributed by atoms with Crippen molar-refractivity contribution < 1.29 is 4.74 Å². The zero-order valence-corrected chi connectivity index (χ0v) is 12.5. The number of hydrogen-bond donors (Lipinski definition) is 1. The van der Waals surface area contributed by atoms with Crippen LogP contribution in [0, 0.1) is 0 Å². The van der Waals surface area contributed by atoms with Gasteiger partial charge in [0.15, 0.2) is 0 Å². The van der Waals surface area contributed by atoms with E-state index in [1.807, 2.05) is 0 Å². The molecule has 1 aliphatic rings. The molecule has 19 heavy (non-hydrogen) atoms. The van der Waals surface area contributed by atoms with Gasteiger partial charge in [-0.1, -0.05) is 24.6 Å². The Kier molecular flexibility index (Phi) is 5.49. The van der Waals surface area contributed by atoms with E-state index in [0.29, 0.717) is 6.04 Å². The minimum atomic E-state index is 0.672. The van der Waals surface area contributed by atoms with E-state index in [9.17, 15) is 0 Å². The Morgan fingerprint density at radius 1 is 1.42 bits per heavy atom. The van der Waals surface area contributed by atoms with E-state index in [2.05, 4.69) is 35.3 Å². The third kappa shape index (κ3) is 4.10. The van der Waals surface area contributed by atoms with Crippen molar-refractivity contribution in [2.24, 2.45) is 0 Å². The second-order valence-electron chi connectivity index (χ2n) is 4.97. The van der Waals surface area contributed by atoms with E-state index >= 15 is 0 Å². The molecule has 1 N–H and O–H groups in total. The molecule has 3 nitrogen and oxygen atoms in total. The lowest BCUT2D eigenvalue weighted by atomic mass is 10.2. The molecule has 2 rings (SSSR count). The number of ether oxygens (including phenoxy) is 1. The molecule has 1 aromatic carbocycles. The predicted octanol–water partition coefficient (Wildman–Crippen LogP) is 3.06. The van der Waals surface area contributed by atoms with Crippen LogP contribution < -0.4 is 10.2 Å². The summed E-state index contributed by atoms with van der Waals surface area (Å²) in [7, 11) is 1.75. The molecule has 1 fully saturated rings. The first kappa shape index (κ1) is 14.6. The summed E-state index contributed by atoms with van der Waals surface area (Å²) in [5.41, 5.74) is 2.37. The SMILES string of the molecule is CCNCc1ccc(N(CCOC)C2CC2)cc1Cl. The van der Waals surface area contributed by atoms with Crippen molar-refractivity contribution in [2.75, 3.05) is 31.7 Å². The molecule has 0 bridgehead atoms. The monoisotopic (exact) mass is 282 g/mol. The van der Waals surface area contributed by atoms with Crippen LogP contribution in [0.25, 0.3) is 0 Å². The molecule has 106 valence electrons. The van der Waals surface area contributed by atoms with Crippen LogP contribution in [0.15, 0.2) is 18.2 Å². The van der Waals surface area contributed by atoms with Gasteiger partial charge in [-0.15, -0.1) is 0 Å². The fraction of sp³-hybridized carbons (Fsp3) is 0.600. The maximum atomic E-state index is 6.37. The van der Waals surface area contributed by atoms with Crippen molar-refractivity contribution >= 4 is 17.3 Å². The highest BCUT2D eigenvalue weighted by molar-refractivity contribution is 6.31. The molecule has 0 aliphatic heterocycles. The van der Waals surface area contributed by atoms with Crippen LogP contribution in [0.1, 0.15) is 25.3 Å². The van der Waals surface area contributed by atoms with Crippen molar-refractivity contribution in [1.29, 1.82) is 0 Å². The van der Waals surface area contributed by atoms with Crippen LogP contribution in [0.3, 0.4) is 0 Å². The number of benzene rings is 1. The van der Waals surface area contributed by atoms with Crippen LogP contribution in [-0.4, -0.2) is 32.8 Å². The third-order valence-corrected chi connectivity index (χ3v) is 3.81. The average molecular weight is 283 g/mol. The van der Waals surface area contributed by atoms with Gasteiger partial charge in [-0.05, 0) is 37.1 Å². The van der Waals surface area contributed by atoms with Crippen molar-refractivity contribution in [3.05, 3.63) is 28.8 Å². The smallest absolute Gasteiger partial charge is 0.0637 e. The predicted molar refractivity (Wildman–Crippen MR) is 81.1 cm³/mol. The highest BCUT2D eigenvalue weighted by Gasteiger charge is 2.29. The number of halogens is 1. The number of methoxy groups -OCH3 is 1. The summed E-state index contributed by atoms with van der Waals surface area (Å²) < 4.78 is 5.19. The number of hydrogen-bond acceptors (Lipinski definition) is 3. The summed E-state index contributed by atoms with van der Waals surface area (Å²) in [5.74, 6) is 0. The molecule has 1 saturated carbocycles. The first-order chi connectivity index (χ1) is 9.26. The van der Waals surface area contributed by atoms with E-state index in [0.717, 1.165) is 36.8 Å². The summed E-state index contributed by atoms with van der Waals surface area (Å²) in [6, 6.07) is 7.06. The van der Waals surface area contributed by atoms with Crippen molar-refractivity contribution in [2.45, 2.75) is 32.4 Å². The fourth-order valence-electron chi connectivity index (χ4n) is 2.22. The lowest BCUT2D eigenvalue weighted by Crippen LogP contribution is -2.29. The number of rotatable bonds is 8. The minimum Gasteiger partial charge on any atom is -0.383 e. The molecule has 1 aromatic rings. The number of nitrogens with one attached hydrogen (secondary N) is 1. The van der Waals surface area contributed by atoms with Gasteiger partial charge < -0.3 is 15.0 Å². The van der Waals surface area contributed by atoms with E-state index in [1.165, 1.54) is 18.5 Å². The van der Waals surface area contributed by atoms with Gasteiger partial charge in [0.25, 0.3) is 0 Å². The van der Waals surface area contributed by atoms with Crippen molar-refractivity contribution in [3.63, 3.8) is 0 Å². The average Bonchev–Trinajstić information content (AvgIpc) is 3.23. The van der Waals surface area contributed by atoms with Crippen LogP contribution in [0.4, 0.5) is 5.69 Å². The van der Waals surface area contributed by atoms with Gasteiger partial charge in [-0.2, -0.15) is 0 Å². The summed E-state index contributed by atoms with van der Waals surface area (Å²) in [5, 5.41) is 4.15. The molecular formula is C15H23ClN2O. The molecular weight excluding hydrogens is 260 g/mol. The van der Waals surface area contributed by atoms with E-state index in [1.54, 1.807) is 7.11 Å². The molecule has 0 radical (unpaired) electrons. The summed E-state index contributed by atoms with van der Waals surface area (Å²) in [6.45, 7) is 5.58. The highest BCUT2D eigenvalue weighted by Crippen LogP contribution is 2.33. The molecule has 0 atom stereocenters. The summed E-state index contributed by atoms with van der Waals surface area (Å²) >= 11 is 6.37. The quantitative estimate of drug-likeness (QED) is 0.793. The zero-order chi connectivity index (χ0) is 13.7. The zero-order valence-electron chi connectivity index (χ0n) is 11.8. The van der Waals surface area contributed by atoms with E-state index in [4.69, 9.17) is 16.3 Å². The van der Waals surface area contributed by atoms with E-state index in [-0.39, 0.29) is 0 Å². The lowest BCUT2D eigenvalue weighted by molar-refractivity contribution is 0.205. The van der Waals surface area contributed by atoms with Crippen LogP contribution in [0.5, 0.6) is 0 Å². The largest absolute Gasteiger partial charge is 0.383 e. The second kappa shape index (κ2) is 7.13. The number of anilines is 1. The topological polar surface area (TPSA) is 24.5 Å². The molecule has 1 aliphatic carbocycles. The Labute approximate surface area is 120 Å². The summed E-state index contributed by atoms with van der Waals surface area (Å²) in [6.07, 6.45) is 2.56. The minimum absolute atomic E-state index is 0.672. The van der Waals surface area contributed by atoms with Gasteiger partial charge in [0.05, 0.1) is 6.61 Å². The normalized spacial score (nSPS) is 14.7. The molecule has 0 spiro atoms. The first-order valence-corrected chi connectivity index (χ1v) is 7.38. The van der Waals surface area contributed by atoms with Gasteiger partial charge in [0.1, 0.15) is 0 Å². The molecule has 0 heterocycles. The van der Waals surface area contributed by atoms with Gasteiger partial charge in [-0.25, -0.2) is 0 Å². The maximum absolute atomic E-state index is 6.37.